The predicted molar refractivity (Wildman–Crippen MR) is 74.2 cm³/mol. The van der Waals surface area contributed by atoms with Crippen LogP contribution in [0.1, 0.15) is 22.2 Å². The zero-order valence-electron chi connectivity index (χ0n) is 8.79. The molecule has 16 heavy (non-hydrogen) atoms. The van der Waals surface area contributed by atoms with E-state index in [9.17, 15) is 0 Å². The summed E-state index contributed by atoms with van der Waals surface area (Å²) in [5.74, 6) is 0.730. The van der Waals surface area contributed by atoms with Gasteiger partial charge in [0.15, 0.2) is 0 Å². The van der Waals surface area contributed by atoms with E-state index in [0.717, 1.165) is 25.8 Å². The van der Waals surface area contributed by atoms with Crippen LogP contribution in [0.4, 0.5) is 0 Å². The molecular weight excluding hydrogens is 357 g/mol. The average Bonchev–Trinajstić information content (AvgIpc) is 2.60. The minimum Gasteiger partial charge on any atom is -0.246 e. The second-order valence-corrected chi connectivity index (χ2v) is 5.86. The van der Waals surface area contributed by atoms with Crippen molar-refractivity contribution >= 4 is 45.5 Å². The molecule has 0 aliphatic heterocycles. The molecule has 3 nitrogen and oxygen atoms in total. The highest BCUT2D eigenvalue weighted by molar-refractivity contribution is 14.1. The normalized spacial score (nSPS) is 10.8. The summed E-state index contributed by atoms with van der Waals surface area (Å²) in [5, 5.41) is 3.61. The number of halogens is 2. The first kappa shape index (κ1) is 12.2. The molecular formula is C10H9ClIN3S. The summed E-state index contributed by atoms with van der Waals surface area (Å²) in [6.07, 6.45) is 0.641. The van der Waals surface area contributed by atoms with E-state index >= 15 is 0 Å². The maximum absolute atomic E-state index is 6.01. The minimum absolute atomic E-state index is 0.523. The number of rotatable bonds is 2. The van der Waals surface area contributed by atoms with Gasteiger partial charge in [0.25, 0.3) is 0 Å². The molecule has 0 aliphatic carbocycles. The number of nitrogens with zero attached hydrogens (tertiary/aromatic N) is 3. The van der Waals surface area contributed by atoms with Gasteiger partial charge < -0.3 is 0 Å². The third-order valence-corrected chi connectivity index (χ3v) is 4.73. The Morgan fingerprint density at radius 2 is 2.06 bits per heavy atom. The van der Waals surface area contributed by atoms with Gasteiger partial charge in [-0.3, -0.25) is 0 Å². The highest BCUT2D eigenvalue weighted by Crippen LogP contribution is 2.19. The van der Waals surface area contributed by atoms with E-state index in [-0.39, 0.29) is 0 Å². The number of hydrogen-bond donors (Lipinski definition) is 0. The Balaban J connectivity index is 2.28. The monoisotopic (exact) mass is 365 g/mol. The largest absolute Gasteiger partial charge is 0.246 e. The van der Waals surface area contributed by atoms with Crippen LogP contribution < -0.4 is 0 Å². The van der Waals surface area contributed by atoms with Gasteiger partial charge in [0.2, 0.25) is 0 Å². The van der Waals surface area contributed by atoms with E-state index in [0.29, 0.717) is 11.6 Å². The molecule has 2 rings (SSSR count). The van der Waals surface area contributed by atoms with Crippen molar-refractivity contribution in [3.05, 3.63) is 36.3 Å². The summed E-state index contributed by atoms with van der Waals surface area (Å²) in [7, 11) is 0. The molecule has 0 aromatic carbocycles. The van der Waals surface area contributed by atoms with E-state index in [1.165, 1.54) is 0 Å². The minimum atomic E-state index is 0.523. The van der Waals surface area contributed by atoms with Gasteiger partial charge in [-0.1, -0.05) is 11.6 Å². The lowest BCUT2D eigenvalue weighted by Gasteiger charge is -2.03. The van der Waals surface area contributed by atoms with Crippen molar-refractivity contribution < 1.29 is 0 Å². The van der Waals surface area contributed by atoms with E-state index < -0.39 is 0 Å². The molecule has 0 spiro atoms. The Kier molecular flexibility index (Phi) is 3.76. The molecule has 0 radical (unpaired) electrons. The predicted octanol–water partition coefficient (Wildman–Crippen LogP) is 3.40. The van der Waals surface area contributed by atoms with Crippen LogP contribution in [0, 0.1) is 17.4 Å². The van der Waals surface area contributed by atoms with Crippen LogP contribution in [0.3, 0.4) is 0 Å². The zero-order chi connectivity index (χ0) is 11.7. The fraction of sp³-hybridized carbons (Fsp3) is 0.300. The number of thiazole rings is 1. The maximum atomic E-state index is 6.01. The first-order valence-corrected chi connectivity index (χ1v) is 6.99. The molecule has 2 heterocycles. The molecule has 0 N–H and O–H groups in total. The lowest BCUT2D eigenvalue weighted by Crippen LogP contribution is -2.01. The molecule has 0 aliphatic rings. The number of aromatic nitrogens is 3. The Morgan fingerprint density at radius 3 is 2.62 bits per heavy atom. The topological polar surface area (TPSA) is 38.7 Å². The summed E-state index contributed by atoms with van der Waals surface area (Å²) in [6.45, 7) is 3.92. The first-order chi connectivity index (χ1) is 7.56. The van der Waals surface area contributed by atoms with Crippen LogP contribution in [-0.4, -0.2) is 15.0 Å². The average molecular weight is 366 g/mol. The van der Waals surface area contributed by atoms with E-state index in [4.69, 9.17) is 11.6 Å². The quantitative estimate of drug-likeness (QED) is 0.605. The van der Waals surface area contributed by atoms with Crippen LogP contribution in [-0.2, 0) is 6.42 Å². The molecule has 0 unspecified atom stereocenters. The van der Waals surface area contributed by atoms with Gasteiger partial charge in [-0.05, 0) is 36.4 Å². The summed E-state index contributed by atoms with van der Waals surface area (Å²) in [4.78, 5) is 13.0. The van der Waals surface area contributed by atoms with Crippen LogP contribution in [0.15, 0.2) is 5.38 Å². The molecule has 0 saturated heterocycles. The molecule has 84 valence electrons. The summed E-state index contributed by atoms with van der Waals surface area (Å²) >= 11 is 9.80. The van der Waals surface area contributed by atoms with Crippen LogP contribution in [0.5, 0.6) is 0 Å². The van der Waals surface area contributed by atoms with Crippen molar-refractivity contribution in [3.8, 4) is 0 Å². The van der Waals surface area contributed by atoms with Gasteiger partial charge in [0.05, 0.1) is 26.4 Å². The highest BCUT2D eigenvalue weighted by atomic mass is 127. The summed E-state index contributed by atoms with van der Waals surface area (Å²) in [6, 6.07) is 0. The number of hydrogen-bond acceptors (Lipinski definition) is 4. The fourth-order valence-electron chi connectivity index (χ4n) is 1.31. The molecule has 2 aromatic heterocycles. The van der Waals surface area contributed by atoms with Crippen molar-refractivity contribution in [1.29, 1.82) is 0 Å². The van der Waals surface area contributed by atoms with Crippen LogP contribution in [0.25, 0.3) is 0 Å². The van der Waals surface area contributed by atoms with Crippen molar-refractivity contribution in [2.75, 3.05) is 0 Å². The Bertz CT molecular complexity index is 504. The molecule has 6 heteroatoms. The number of aryl methyl sites for hydroxylation is 2. The molecule has 0 saturated carbocycles. The Morgan fingerprint density at radius 1 is 1.31 bits per heavy atom. The first-order valence-electron chi connectivity index (χ1n) is 4.66. The van der Waals surface area contributed by atoms with Crippen molar-refractivity contribution in [2.45, 2.75) is 20.3 Å². The van der Waals surface area contributed by atoms with Crippen LogP contribution >= 0.6 is 45.5 Å². The standard InChI is InChI=1S/C10H9ClIN3S/c1-5-9(12)10(11)15-8(13-5)3-7-4-16-6(2)14-7/h4H,3H2,1-2H3. The third kappa shape index (κ3) is 2.70. The van der Waals surface area contributed by atoms with Crippen molar-refractivity contribution in [1.82, 2.24) is 15.0 Å². The Hall–Kier alpha value is -0.270. The third-order valence-electron chi connectivity index (χ3n) is 2.03. The second-order valence-electron chi connectivity index (χ2n) is 3.36. The highest BCUT2D eigenvalue weighted by Gasteiger charge is 2.09. The van der Waals surface area contributed by atoms with E-state index in [2.05, 4.69) is 37.5 Å². The Labute approximate surface area is 116 Å². The second kappa shape index (κ2) is 4.93. The van der Waals surface area contributed by atoms with E-state index in [1.54, 1.807) is 11.3 Å². The van der Waals surface area contributed by atoms with Gasteiger partial charge in [0, 0.05) is 5.38 Å². The van der Waals surface area contributed by atoms with Crippen LogP contribution in [0.2, 0.25) is 5.15 Å². The van der Waals surface area contributed by atoms with Gasteiger partial charge in [-0.2, -0.15) is 0 Å². The van der Waals surface area contributed by atoms with Gasteiger partial charge in [0.1, 0.15) is 11.0 Å². The molecule has 0 fully saturated rings. The van der Waals surface area contributed by atoms with E-state index in [1.807, 2.05) is 19.2 Å². The molecule has 0 amide bonds. The smallest absolute Gasteiger partial charge is 0.146 e. The van der Waals surface area contributed by atoms with Gasteiger partial charge >= 0.3 is 0 Å². The SMILES string of the molecule is Cc1nc(Cc2nc(C)c(I)c(Cl)n2)cs1. The molecule has 2 aromatic rings. The summed E-state index contributed by atoms with van der Waals surface area (Å²) in [5.41, 5.74) is 1.92. The van der Waals surface area contributed by atoms with Crippen molar-refractivity contribution in [3.63, 3.8) is 0 Å². The lowest BCUT2D eigenvalue weighted by atomic mass is 10.3. The fourth-order valence-corrected chi connectivity index (χ4v) is 2.40. The summed E-state index contributed by atoms with van der Waals surface area (Å²) < 4.78 is 0.914. The van der Waals surface area contributed by atoms with Gasteiger partial charge in [-0.25, -0.2) is 15.0 Å². The zero-order valence-corrected chi connectivity index (χ0v) is 12.5. The lowest BCUT2D eigenvalue weighted by molar-refractivity contribution is 0.913. The molecule has 0 atom stereocenters. The molecule has 0 bridgehead atoms. The van der Waals surface area contributed by atoms with Crippen molar-refractivity contribution in [2.24, 2.45) is 0 Å². The van der Waals surface area contributed by atoms with Gasteiger partial charge in [-0.15, -0.1) is 11.3 Å². The maximum Gasteiger partial charge on any atom is 0.146 e.